The molecular weight excluding hydrogens is 414 g/mol. The number of rotatable bonds is 8. The molecule has 4 aromatic rings. The number of nitrogens with zero attached hydrogens (tertiary/aromatic N) is 5. The van der Waals surface area contributed by atoms with Gasteiger partial charge in [0.2, 0.25) is 5.91 Å². The van der Waals surface area contributed by atoms with E-state index < -0.39 is 4.92 Å². The quantitative estimate of drug-likeness (QED) is 0.302. The van der Waals surface area contributed by atoms with Gasteiger partial charge in [-0.25, -0.2) is 9.97 Å². The summed E-state index contributed by atoms with van der Waals surface area (Å²) in [5.41, 5.74) is 2.72. The van der Waals surface area contributed by atoms with Crippen LogP contribution in [-0.4, -0.2) is 31.9 Å². The molecular formula is C22H21N5O3S. The molecule has 0 unspecified atom stereocenters. The number of fused-ring (bicyclic) bond motifs is 1. The molecule has 0 fully saturated rings. The molecule has 0 atom stereocenters. The fraction of sp³-hybridized carbons (Fsp3) is 0.227. The fourth-order valence-corrected chi connectivity index (χ4v) is 4.44. The standard InChI is InChI=1S/C22H21N5O3S/c1-16-4-2-5-19-21(16)24-22(31-19)26(12-3-11-25-13-10-23-15-25)20(28)14-17-6-8-18(9-7-17)27(29)30/h2,4-10,13,15H,3,11-12,14H2,1H3. The molecule has 8 nitrogen and oxygen atoms in total. The van der Waals surface area contributed by atoms with Crippen molar-refractivity contribution in [1.82, 2.24) is 14.5 Å². The van der Waals surface area contributed by atoms with Crippen molar-refractivity contribution in [2.75, 3.05) is 11.4 Å². The normalized spacial score (nSPS) is 11.0. The first-order valence-corrected chi connectivity index (χ1v) is 10.7. The summed E-state index contributed by atoms with van der Waals surface area (Å²) >= 11 is 1.50. The molecule has 0 N–H and O–H groups in total. The number of amides is 1. The fourth-order valence-electron chi connectivity index (χ4n) is 3.35. The summed E-state index contributed by atoms with van der Waals surface area (Å²) in [6.45, 7) is 3.27. The van der Waals surface area contributed by atoms with Crippen molar-refractivity contribution in [2.24, 2.45) is 0 Å². The number of thiazole rings is 1. The predicted octanol–water partition coefficient (Wildman–Crippen LogP) is 4.38. The van der Waals surface area contributed by atoms with Gasteiger partial charge in [-0.1, -0.05) is 35.6 Å². The Morgan fingerprint density at radius 2 is 2.03 bits per heavy atom. The van der Waals surface area contributed by atoms with Gasteiger partial charge in [0.25, 0.3) is 5.69 Å². The highest BCUT2D eigenvalue weighted by Gasteiger charge is 2.20. The Morgan fingerprint density at radius 1 is 1.23 bits per heavy atom. The largest absolute Gasteiger partial charge is 0.337 e. The van der Waals surface area contributed by atoms with Crippen molar-refractivity contribution < 1.29 is 9.72 Å². The Kier molecular flexibility index (Phi) is 6.03. The van der Waals surface area contributed by atoms with E-state index >= 15 is 0 Å². The lowest BCUT2D eigenvalue weighted by Gasteiger charge is -2.20. The topological polar surface area (TPSA) is 94.2 Å². The molecule has 2 aromatic heterocycles. The van der Waals surface area contributed by atoms with Crippen LogP contribution in [0, 0.1) is 17.0 Å². The van der Waals surface area contributed by atoms with Crippen molar-refractivity contribution in [3.05, 3.63) is 82.4 Å². The van der Waals surface area contributed by atoms with E-state index in [2.05, 4.69) is 4.98 Å². The van der Waals surface area contributed by atoms with Crippen LogP contribution in [0.4, 0.5) is 10.8 Å². The van der Waals surface area contributed by atoms with E-state index in [1.165, 1.54) is 23.5 Å². The highest BCUT2D eigenvalue weighted by Crippen LogP contribution is 2.31. The SMILES string of the molecule is Cc1cccc2sc(N(CCCn3ccnc3)C(=O)Cc3ccc([N+](=O)[O-])cc3)nc12. The summed E-state index contributed by atoms with van der Waals surface area (Å²) in [7, 11) is 0. The van der Waals surface area contributed by atoms with Gasteiger partial charge in [0.05, 0.1) is 27.9 Å². The maximum atomic E-state index is 13.2. The Hall–Kier alpha value is -3.59. The Bertz CT molecular complexity index is 1200. The number of imidazole rings is 1. The van der Waals surface area contributed by atoms with Crippen LogP contribution in [0.25, 0.3) is 10.2 Å². The van der Waals surface area contributed by atoms with Crippen LogP contribution in [0.2, 0.25) is 0 Å². The molecule has 1 amide bonds. The van der Waals surface area contributed by atoms with E-state index in [9.17, 15) is 14.9 Å². The number of nitro groups is 1. The van der Waals surface area contributed by atoms with Crippen molar-refractivity contribution >= 4 is 38.3 Å². The van der Waals surface area contributed by atoms with E-state index in [0.29, 0.717) is 11.7 Å². The van der Waals surface area contributed by atoms with E-state index in [-0.39, 0.29) is 18.0 Å². The average Bonchev–Trinajstić information content (AvgIpc) is 3.42. The summed E-state index contributed by atoms with van der Waals surface area (Å²) in [5, 5.41) is 11.5. The summed E-state index contributed by atoms with van der Waals surface area (Å²) in [4.78, 5) is 34.2. The first-order chi connectivity index (χ1) is 15.0. The Balaban J connectivity index is 1.56. The molecule has 2 aromatic carbocycles. The summed E-state index contributed by atoms with van der Waals surface area (Å²) in [5.74, 6) is -0.0869. The molecule has 0 radical (unpaired) electrons. The zero-order valence-corrected chi connectivity index (χ0v) is 17.8. The number of nitro benzene ring substituents is 1. The molecule has 0 saturated heterocycles. The molecule has 31 heavy (non-hydrogen) atoms. The van der Waals surface area contributed by atoms with Crippen LogP contribution >= 0.6 is 11.3 Å². The van der Waals surface area contributed by atoms with Gasteiger partial charge in [-0.3, -0.25) is 19.8 Å². The van der Waals surface area contributed by atoms with E-state index in [1.54, 1.807) is 29.6 Å². The first-order valence-electron chi connectivity index (χ1n) is 9.87. The molecule has 0 aliphatic carbocycles. The lowest BCUT2D eigenvalue weighted by Crippen LogP contribution is -2.33. The minimum absolute atomic E-state index is 0.00929. The zero-order valence-electron chi connectivity index (χ0n) is 17.0. The van der Waals surface area contributed by atoms with Crippen LogP contribution < -0.4 is 4.90 Å². The number of non-ortho nitro benzene ring substituents is 1. The number of aryl methyl sites for hydroxylation is 2. The third-order valence-corrected chi connectivity index (χ3v) is 6.04. The van der Waals surface area contributed by atoms with Crippen molar-refractivity contribution in [2.45, 2.75) is 26.3 Å². The van der Waals surface area contributed by atoms with Crippen LogP contribution in [0.3, 0.4) is 0 Å². The van der Waals surface area contributed by atoms with E-state index in [4.69, 9.17) is 4.98 Å². The summed E-state index contributed by atoms with van der Waals surface area (Å²) in [6, 6.07) is 12.1. The van der Waals surface area contributed by atoms with E-state index in [1.807, 2.05) is 35.9 Å². The average molecular weight is 436 g/mol. The molecule has 0 spiro atoms. The number of para-hydroxylation sites is 1. The second-order valence-corrected chi connectivity index (χ2v) is 8.23. The molecule has 0 bridgehead atoms. The minimum atomic E-state index is -0.447. The first kappa shape index (κ1) is 20.7. The van der Waals surface area contributed by atoms with E-state index in [0.717, 1.165) is 34.3 Å². The molecule has 0 saturated carbocycles. The summed E-state index contributed by atoms with van der Waals surface area (Å²) < 4.78 is 3.01. The smallest absolute Gasteiger partial charge is 0.269 e. The van der Waals surface area contributed by atoms with Gasteiger partial charge in [-0.05, 0) is 30.5 Å². The molecule has 0 aliphatic rings. The van der Waals surface area contributed by atoms with Crippen molar-refractivity contribution in [1.29, 1.82) is 0 Å². The maximum Gasteiger partial charge on any atom is 0.269 e. The lowest BCUT2D eigenvalue weighted by molar-refractivity contribution is -0.384. The molecule has 158 valence electrons. The van der Waals surface area contributed by atoms with Gasteiger partial charge in [0, 0.05) is 37.6 Å². The Labute approximate surface area is 182 Å². The third-order valence-electron chi connectivity index (χ3n) is 5.00. The zero-order chi connectivity index (χ0) is 21.8. The summed E-state index contributed by atoms with van der Waals surface area (Å²) in [6.07, 6.45) is 6.28. The number of hydrogen-bond acceptors (Lipinski definition) is 6. The maximum absolute atomic E-state index is 13.2. The second kappa shape index (κ2) is 9.05. The van der Waals surface area contributed by atoms with Crippen LogP contribution in [-0.2, 0) is 17.8 Å². The van der Waals surface area contributed by atoms with Crippen LogP contribution in [0.5, 0.6) is 0 Å². The molecule has 4 rings (SSSR count). The number of carbonyl (C=O) groups is 1. The highest BCUT2D eigenvalue weighted by molar-refractivity contribution is 7.22. The number of hydrogen-bond donors (Lipinski definition) is 0. The predicted molar refractivity (Wildman–Crippen MR) is 120 cm³/mol. The molecule has 9 heteroatoms. The van der Waals surface area contributed by atoms with Crippen molar-refractivity contribution in [3.8, 4) is 0 Å². The highest BCUT2D eigenvalue weighted by atomic mass is 32.1. The van der Waals surface area contributed by atoms with Gasteiger partial charge in [-0.15, -0.1) is 0 Å². The molecule has 0 aliphatic heterocycles. The lowest BCUT2D eigenvalue weighted by atomic mass is 10.1. The van der Waals surface area contributed by atoms with Gasteiger partial charge >= 0.3 is 0 Å². The van der Waals surface area contributed by atoms with Crippen LogP contribution in [0.15, 0.2) is 61.2 Å². The number of anilines is 1. The number of aromatic nitrogens is 3. The van der Waals surface area contributed by atoms with Gasteiger partial charge in [-0.2, -0.15) is 0 Å². The Morgan fingerprint density at radius 3 is 2.71 bits per heavy atom. The third kappa shape index (κ3) is 4.77. The second-order valence-electron chi connectivity index (χ2n) is 7.22. The van der Waals surface area contributed by atoms with Gasteiger partial charge < -0.3 is 4.57 Å². The molecule has 2 heterocycles. The van der Waals surface area contributed by atoms with Crippen molar-refractivity contribution in [3.63, 3.8) is 0 Å². The minimum Gasteiger partial charge on any atom is -0.337 e. The monoisotopic (exact) mass is 435 g/mol. The van der Waals surface area contributed by atoms with Crippen LogP contribution in [0.1, 0.15) is 17.5 Å². The number of carbonyl (C=O) groups excluding carboxylic acids is 1. The van der Waals surface area contributed by atoms with Gasteiger partial charge in [0.1, 0.15) is 0 Å². The number of benzene rings is 2. The van der Waals surface area contributed by atoms with Gasteiger partial charge in [0.15, 0.2) is 5.13 Å².